The molecule has 0 bridgehead atoms. The molecular formula is C22H40O8Zr. The average Bonchev–Trinajstić information content (AvgIpc) is 2.61. The SMILES string of the molecule is CC(C)[O][Zr+2][O]C(C)C.CCCCCC(=O)CC(=O)[O-].CCCCCC(=O)CC(=O)[O-]. The molecule has 0 radical (unpaired) electrons. The van der Waals surface area contributed by atoms with E-state index in [-0.39, 0.29) is 11.6 Å². The molecule has 0 N–H and O–H groups in total. The molecule has 0 aromatic heterocycles. The maximum Gasteiger partial charge on any atom is 0.138 e. The fraction of sp³-hybridized carbons (Fsp3) is 0.818. The minimum atomic E-state index is -1.27. The molecule has 0 saturated carbocycles. The van der Waals surface area contributed by atoms with Gasteiger partial charge in [-0.25, -0.2) is 0 Å². The molecular weight excluding hydrogens is 483 g/mol. The quantitative estimate of drug-likeness (QED) is 0.222. The van der Waals surface area contributed by atoms with E-state index < -0.39 is 48.9 Å². The summed E-state index contributed by atoms with van der Waals surface area (Å²) in [5.74, 6) is -2.99. The molecule has 0 heterocycles. The van der Waals surface area contributed by atoms with Crippen molar-refractivity contribution >= 4 is 23.5 Å². The predicted octanol–water partition coefficient (Wildman–Crippen LogP) is 2.30. The number of carboxylic acids is 2. The molecule has 9 heteroatoms. The molecule has 0 aliphatic rings. The molecule has 0 saturated heterocycles. The van der Waals surface area contributed by atoms with Gasteiger partial charge in [0.1, 0.15) is 11.6 Å². The van der Waals surface area contributed by atoms with Crippen molar-refractivity contribution in [2.24, 2.45) is 0 Å². The summed E-state index contributed by atoms with van der Waals surface area (Å²) >= 11 is -0.929. The summed E-state index contributed by atoms with van der Waals surface area (Å²) in [7, 11) is 0. The third-order valence-electron chi connectivity index (χ3n) is 3.37. The van der Waals surface area contributed by atoms with Crippen LogP contribution < -0.4 is 10.2 Å². The molecule has 0 rings (SSSR count). The second-order valence-corrected chi connectivity index (χ2v) is 9.07. The van der Waals surface area contributed by atoms with Crippen LogP contribution in [0.5, 0.6) is 0 Å². The van der Waals surface area contributed by atoms with Crippen LogP contribution in [0.1, 0.15) is 106 Å². The Hall–Kier alpha value is -0.917. The van der Waals surface area contributed by atoms with E-state index in [0.717, 1.165) is 38.5 Å². The molecule has 0 atom stereocenters. The third kappa shape index (κ3) is 40.0. The first-order valence-electron chi connectivity index (χ1n) is 10.9. The predicted molar refractivity (Wildman–Crippen MR) is 110 cm³/mol. The minimum absolute atomic E-state index is 0.224. The standard InChI is InChI=1S/2C8H14O3.2C3H7O.Zr/c2*1-2-3-4-5-7(9)6-8(10)11;2*1-3(2)4;/h2*2-6H2,1H3,(H,10,11);2*3H,1-2H3;/q;;2*-1;+4/p-2. The Balaban J connectivity index is -0.000000382. The summed E-state index contributed by atoms with van der Waals surface area (Å²) in [6.45, 7) is 12.2. The summed E-state index contributed by atoms with van der Waals surface area (Å²) in [6, 6.07) is 0. The Labute approximate surface area is 200 Å². The number of carbonyl (C=O) groups excluding carboxylic acids is 4. The minimum Gasteiger partial charge on any atom is -0.550 e. The van der Waals surface area contributed by atoms with Crippen LogP contribution in [0.4, 0.5) is 0 Å². The van der Waals surface area contributed by atoms with E-state index >= 15 is 0 Å². The molecule has 0 spiro atoms. The van der Waals surface area contributed by atoms with Crippen molar-refractivity contribution in [1.82, 2.24) is 0 Å². The maximum atomic E-state index is 10.7. The second-order valence-electron chi connectivity index (χ2n) is 7.51. The maximum absolute atomic E-state index is 10.7. The van der Waals surface area contributed by atoms with Gasteiger partial charge in [0.2, 0.25) is 0 Å². The zero-order valence-electron chi connectivity index (χ0n) is 20.0. The largest absolute Gasteiger partial charge is 0.550 e. The Bertz CT molecular complexity index is 436. The summed E-state index contributed by atoms with van der Waals surface area (Å²) in [4.78, 5) is 41.2. The summed E-state index contributed by atoms with van der Waals surface area (Å²) in [5.41, 5.74) is 0. The molecule has 0 unspecified atom stereocenters. The van der Waals surface area contributed by atoms with Crippen molar-refractivity contribution in [3.63, 3.8) is 0 Å². The Morgan fingerprint density at radius 1 is 0.677 bits per heavy atom. The van der Waals surface area contributed by atoms with Crippen LogP contribution in [-0.4, -0.2) is 35.7 Å². The average molecular weight is 524 g/mol. The van der Waals surface area contributed by atoms with E-state index in [2.05, 4.69) is 0 Å². The van der Waals surface area contributed by atoms with Gasteiger partial charge in [-0.05, 0) is 12.8 Å². The first-order valence-corrected chi connectivity index (χ1v) is 13.0. The van der Waals surface area contributed by atoms with E-state index in [1.807, 2.05) is 41.5 Å². The number of carboxylic acid groups (broad SMARTS) is 2. The van der Waals surface area contributed by atoms with Gasteiger partial charge in [0.15, 0.2) is 0 Å². The topological polar surface area (TPSA) is 133 Å². The van der Waals surface area contributed by atoms with Crippen LogP contribution in [0.2, 0.25) is 0 Å². The van der Waals surface area contributed by atoms with Crippen LogP contribution in [0.3, 0.4) is 0 Å². The van der Waals surface area contributed by atoms with Crippen molar-refractivity contribution < 1.29 is 59.1 Å². The number of ketones is 2. The van der Waals surface area contributed by atoms with Gasteiger partial charge in [0.05, 0.1) is 0 Å². The van der Waals surface area contributed by atoms with Gasteiger partial charge in [-0.3, -0.25) is 9.59 Å². The van der Waals surface area contributed by atoms with Crippen molar-refractivity contribution in [2.75, 3.05) is 0 Å². The number of unbranched alkanes of at least 4 members (excludes halogenated alkanes) is 4. The van der Waals surface area contributed by atoms with Crippen LogP contribution in [0.15, 0.2) is 0 Å². The van der Waals surface area contributed by atoms with Crippen molar-refractivity contribution in [3.8, 4) is 0 Å². The van der Waals surface area contributed by atoms with Crippen LogP contribution in [0.25, 0.3) is 0 Å². The fourth-order valence-electron chi connectivity index (χ4n) is 1.86. The molecule has 180 valence electrons. The monoisotopic (exact) mass is 522 g/mol. The Morgan fingerprint density at radius 2 is 1.00 bits per heavy atom. The van der Waals surface area contributed by atoms with Crippen molar-refractivity contribution in [2.45, 2.75) is 118 Å². The Morgan fingerprint density at radius 3 is 1.23 bits per heavy atom. The number of hydrogen-bond donors (Lipinski definition) is 0. The number of aliphatic carboxylic acids is 2. The van der Waals surface area contributed by atoms with Gasteiger partial charge < -0.3 is 19.8 Å². The van der Waals surface area contributed by atoms with Crippen molar-refractivity contribution in [3.05, 3.63) is 0 Å². The van der Waals surface area contributed by atoms with Gasteiger partial charge in [-0.2, -0.15) is 0 Å². The van der Waals surface area contributed by atoms with E-state index in [0.29, 0.717) is 25.0 Å². The van der Waals surface area contributed by atoms with Crippen molar-refractivity contribution in [1.29, 1.82) is 0 Å². The van der Waals surface area contributed by atoms with Gasteiger partial charge in [-0.1, -0.05) is 39.5 Å². The van der Waals surface area contributed by atoms with E-state index in [1.54, 1.807) is 0 Å². The van der Waals surface area contributed by atoms with Crippen LogP contribution in [-0.2, 0) is 48.9 Å². The first-order chi connectivity index (χ1) is 14.5. The molecule has 31 heavy (non-hydrogen) atoms. The van der Waals surface area contributed by atoms with Gasteiger partial charge in [0, 0.05) is 37.6 Å². The second kappa shape index (κ2) is 25.3. The molecule has 8 nitrogen and oxygen atoms in total. The van der Waals surface area contributed by atoms with Crippen LogP contribution >= 0.6 is 0 Å². The molecule has 0 aromatic carbocycles. The molecule has 0 aliphatic carbocycles. The number of Topliss-reactive ketones (excluding diaryl/α,β-unsaturated/α-hetero) is 2. The van der Waals surface area contributed by atoms with E-state index in [9.17, 15) is 29.4 Å². The van der Waals surface area contributed by atoms with Gasteiger partial charge in [-0.15, -0.1) is 0 Å². The smallest absolute Gasteiger partial charge is 0.138 e. The number of rotatable bonds is 16. The summed E-state index contributed by atoms with van der Waals surface area (Å²) < 4.78 is 10.6. The van der Waals surface area contributed by atoms with E-state index in [4.69, 9.17) is 5.63 Å². The summed E-state index contributed by atoms with van der Waals surface area (Å²) in [6.07, 6.45) is 6.22. The molecule has 0 aliphatic heterocycles. The normalized spacial score (nSPS) is 9.81. The number of hydrogen-bond acceptors (Lipinski definition) is 8. The Kier molecular flexibility index (Phi) is 28.4. The zero-order valence-corrected chi connectivity index (χ0v) is 22.4. The molecule has 0 amide bonds. The fourth-order valence-corrected chi connectivity index (χ4v) is 2.95. The van der Waals surface area contributed by atoms with E-state index in [1.165, 1.54) is 0 Å². The first kappa shape index (κ1) is 34.7. The van der Waals surface area contributed by atoms with Gasteiger partial charge >= 0.3 is 69.6 Å². The molecule has 0 fully saturated rings. The van der Waals surface area contributed by atoms with Crippen LogP contribution in [0, 0.1) is 0 Å². The zero-order chi connectivity index (χ0) is 24.7. The number of carbonyl (C=O) groups is 4. The third-order valence-corrected chi connectivity index (χ3v) is 6.16. The molecule has 0 aromatic rings. The summed E-state index contributed by atoms with van der Waals surface area (Å²) in [5, 5.41) is 19.8. The van der Waals surface area contributed by atoms with Gasteiger partial charge in [0.25, 0.3) is 0 Å².